The summed E-state index contributed by atoms with van der Waals surface area (Å²) in [7, 11) is 0. The predicted molar refractivity (Wildman–Crippen MR) is 108 cm³/mol. The fraction of sp³-hybridized carbons (Fsp3) is 0.182. The Balaban J connectivity index is 1.35. The molecule has 0 unspecified atom stereocenters. The third kappa shape index (κ3) is 4.08. The SMILES string of the molecule is O=C(Nc1ccc(N2CCN(c3cccnc3)CC2)cc1)c1cc[c]cc1. The lowest BCUT2D eigenvalue weighted by atomic mass is 10.2. The maximum atomic E-state index is 12.2. The topological polar surface area (TPSA) is 48.5 Å². The number of hydrogen-bond donors (Lipinski definition) is 1. The van der Waals surface area contributed by atoms with Crippen molar-refractivity contribution in [3.63, 3.8) is 0 Å². The normalized spacial score (nSPS) is 14.1. The number of pyridine rings is 1. The number of rotatable bonds is 4. The van der Waals surface area contributed by atoms with Gasteiger partial charge >= 0.3 is 0 Å². The maximum Gasteiger partial charge on any atom is 0.255 e. The third-order valence-corrected chi connectivity index (χ3v) is 4.76. The van der Waals surface area contributed by atoms with Crippen LogP contribution >= 0.6 is 0 Å². The molecule has 135 valence electrons. The van der Waals surface area contributed by atoms with Gasteiger partial charge in [0, 0.05) is 49.3 Å². The highest BCUT2D eigenvalue weighted by Crippen LogP contribution is 2.22. The molecule has 1 aliphatic rings. The van der Waals surface area contributed by atoms with E-state index < -0.39 is 0 Å². The molecule has 0 atom stereocenters. The number of nitrogens with zero attached hydrogens (tertiary/aromatic N) is 3. The smallest absolute Gasteiger partial charge is 0.255 e. The van der Waals surface area contributed by atoms with Crippen LogP contribution in [0.15, 0.2) is 73.1 Å². The molecule has 0 aliphatic carbocycles. The van der Waals surface area contributed by atoms with Crippen molar-refractivity contribution < 1.29 is 4.79 Å². The summed E-state index contributed by atoms with van der Waals surface area (Å²) in [6, 6.07) is 22.0. The van der Waals surface area contributed by atoms with Crippen LogP contribution in [-0.4, -0.2) is 37.1 Å². The van der Waals surface area contributed by atoms with Gasteiger partial charge in [-0.2, -0.15) is 0 Å². The Labute approximate surface area is 159 Å². The van der Waals surface area contributed by atoms with Crippen LogP contribution in [0.1, 0.15) is 10.4 Å². The van der Waals surface area contributed by atoms with Gasteiger partial charge in [0.25, 0.3) is 5.91 Å². The molecule has 0 saturated carbocycles. The first-order valence-corrected chi connectivity index (χ1v) is 9.07. The minimum atomic E-state index is -0.109. The van der Waals surface area contributed by atoms with Gasteiger partial charge in [-0.1, -0.05) is 12.1 Å². The molecule has 27 heavy (non-hydrogen) atoms. The van der Waals surface area contributed by atoms with Crippen LogP contribution in [0.25, 0.3) is 0 Å². The van der Waals surface area contributed by atoms with Crippen LogP contribution < -0.4 is 15.1 Å². The zero-order valence-corrected chi connectivity index (χ0v) is 15.0. The highest BCUT2D eigenvalue weighted by Gasteiger charge is 2.17. The van der Waals surface area contributed by atoms with E-state index in [1.807, 2.05) is 24.4 Å². The quantitative estimate of drug-likeness (QED) is 0.777. The monoisotopic (exact) mass is 357 g/mol. The fourth-order valence-electron chi connectivity index (χ4n) is 3.26. The molecule has 5 heteroatoms. The molecule has 2 aromatic carbocycles. The largest absolute Gasteiger partial charge is 0.368 e. The van der Waals surface area contributed by atoms with Gasteiger partial charge in [0.1, 0.15) is 0 Å². The highest BCUT2D eigenvalue weighted by molar-refractivity contribution is 6.04. The van der Waals surface area contributed by atoms with E-state index in [2.05, 4.69) is 44.4 Å². The summed E-state index contributed by atoms with van der Waals surface area (Å²) in [5.41, 5.74) is 3.77. The average Bonchev–Trinajstić information content (AvgIpc) is 2.76. The summed E-state index contributed by atoms with van der Waals surface area (Å²) < 4.78 is 0. The molecule has 0 spiro atoms. The Morgan fingerprint density at radius 1 is 0.889 bits per heavy atom. The van der Waals surface area contributed by atoms with Crippen molar-refractivity contribution in [2.24, 2.45) is 0 Å². The first-order chi connectivity index (χ1) is 13.3. The lowest BCUT2D eigenvalue weighted by molar-refractivity contribution is 0.102. The van der Waals surface area contributed by atoms with Crippen LogP contribution in [0.3, 0.4) is 0 Å². The van der Waals surface area contributed by atoms with Gasteiger partial charge in [-0.25, -0.2) is 0 Å². The predicted octanol–water partition coefficient (Wildman–Crippen LogP) is 3.46. The molecule has 1 amide bonds. The molecular formula is C22H21N4O. The Kier molecular flexibility index (Phi) is 5.01. The first-order valence-electron chi connectivity index (χ1n) is 9.07. The number of benzene rings is 2. The van der Waals surface area contributed by atoms with Crippen LogP contribution in [-0.2, 0) is 0 Å². The summed E-state index contributed by atoms with van der Waals surface area (Å²) in [5, 5.41) is 2.93. The van der Waals surface area contributed by atoms with Crippen molar-refractivity contribution >= 4 is 23.0 Å². The van der Waals surface area contributed by atoms with E-state index in [4.69, 9.17) is 0 Å². The lowest BCUT2D eigenvalue weighted by Gasteiger charge is -2.37. The molecule has 1 radical (unpaired) electrons. The number of aromatic nitrogens is 1. The van der Waals surface area contributed by atoms with Gasteiger partial charge in [-0.15, -0.1) is 0 Å². The maximum absolute atomic E-state index is 12.2. The summed E-state index contributed by atoms with van der Waals surface area (Å²) in [4.78, 5) is 21.1. The molecule has 1 fully saturated rings. The van der Waals surface area contributed by atoms with Crippen molar-refractivity contribution in [3.05, 3.63) is 84.7 Å². The molecule has 1 N–H and O–H groups in total. The number of anilines is 3. The van der Waals surface area contributed by atoms with Crippen LogP contribution in [0.2, 0.25) is 0 Å². The lowest BCUT2D eigenvalue weighted by Crippen LogP contribution is -2.46. The molecule has 4 rings (SSSR count). The van der Waals surface area contributed by atoms with E-state index >= 15 is 0 Å². The zero-order valence-electron chi connectivity index (χ0n) is 15.0. The first kappa shape index (κ1) is 17.1. The Hall–Kier alpha value is -3.34. The minimum Gasteiger partial charge on any atom is -0.368 e. The van der Waals surface area contributed by atoms with Gasteiger partial charge in [-0.3, -0.25) is 9.78 Å². The second-order valence-electron chi connectivity index (χ2n) is 6.47. The van der Waals surface area contributed by atoms with E-state index in [9.17, 15) is 4.79 Å². The van der Waals surface area contributed by atoms with Crippen LogP contribution in [0, 0.1) is 6.07 Å². The average molecular weight is 357 g/mol. The van der Waals surface area contributed by atoms with Crippen molar-refractivity contribution in [2.45, 2.75) is 0 Å². The number of nitrogens with one attached hydrogen (secondary N) is 1. The molecule has 0 bridgehead atoms. The molecule has 2 heterocycles. The molecule has 3 aromatic rings. The van der Waals surface area contributed by atoms with Gasteiger partial charge in [0.05, 0.1) is 11.9 Å². The third-order valence-electron chi connectivity index (χ3n) is 4.76. The standard InChI is InChI=1S/C22H21N4O/c27-22(18-5-2-1-3-6-18)24-19-8-10-20(11-9-19)25-13-15-26(16-14-25)21-7-4-12-23-17-21/h2-12,17H,13-16H2,(H,24,27). The fourth-order valence-corrected chi connectivity index (χ4v) is 3.26. The number of carbonyl (C=O) groups excluding carboxylic acids is 1. The minimum absolute atomic E-state index is 0.109. The van der Waals surface area contributed by atoms with E-state index in [0.29, 0.717) is 5.56 Å². The van der Waals surface area contributed by atoms with Crippen molar-refractivity contribution in [1.29, 1.82) is 0 Å². The molecule has 1 aliphatic heterocycles. The summed E-state index contributed by atoms with van der Waals surface area (Å²) in [5.74, 6) is -0.109. The zero-order chi connectivity index (χ0) is 18.5. The van der Waals surface area contributed by atoms with Crippen LogP contribution in [0.4, 0.5) is 17.1 Å². The van der Waals surface area contributed by atoms with Crippen molar-refractivity contribution in [1.82, 2.24) is 4.98 Å². The highest BCUT2D eigenvalue weighted by atomic mass is 16.1. The molecule has 1 aromatic heterocycles. The second kappa shape index (κ2) is 7.91. The van der Waals surface area contributed by atoms with Gasteiger partial charge in [0.15, 0.2) is 0 Å². The van der Waals surface area contributed by atoms with E-state index in [-0.39, 0.29) is 5.91 Å². The Morgan fingerprint density at radius 3 is 2.19 bits per heavy atom. The van der Waals surface area contributed by atoms with E-state index in [1.165, 1.54) is 11.4 Å². The van der Waals surface area contributed by atoms with E-state index in [1.54, 1.807) is 30.5 Å². The summed E-state index contributed by atoms with van der Waals surface area (Å²) >= 11 is 0. The number of hydrogen-bond acceptors (Lipinski definition) is 4. The van der Waals surface area contributed by atoms with Gasteiger partial charge in [0.2, 0.25) is 0 Å². The molecule has 1 saturated heterocycles. The summed E-state index contributed by atoms with van der Waals surface area (Å²) in [6.07, 6.45) is 3.72. The van der Waals surface area contributed by atoms with Crippen molar-refractivity contribution in [3.8, 4) is 0 Å². The Bertz CT molecular complexity index is 873. The number of amides is 1. The number of carbonyl (C=O) groups is 1. The molecular weight excluding hydrogens is 336 g/mol. The number of piperazine rings is 1. The van der Waals surface area contributed by atoms with Crippen LogP contribution in [0.5, 0.6) is 0 Å². The summed E-state index contributed by atoms with van der Waals surface area (Å²) in [6.45, 7) is 3.85. The van der Waals surface area contributed by atoms with Crippen molar-refractivity contribution in [2.75, 3.05) is 41.3 Å². The van der Waals surface area contributed by atoms with Gasteiger partial charge < -0.3 is 15.1 Å². The second-order valence-corrected chi connectivity index (χ2v) is 6.47. The van der Waals surface area contributed by atoms with Gasteiger partial charge in [-0.05, 0) is 54.6 Å². The molecule has 5 nitrogen and oxygen atoms in total. The van der Waals surface area contributed by atoms with E-state index in [0.717, 1.165) is 31.9 Å². The Morgan fingerprint density at radius 2 is 1.56 bits per heavy atom.